The molecule has 5 atom stereocenters. The Balaban J connectivity index is 1.57. The number of alkyl halides is 1. The fourth-order valence-corrected chi connectivity index (χ4v) is 5.53. The van der Waals surface area contributed by atoms with Gasteiger partial charge in [0, 0.05) is 11.3 Å². The summed E-state index contributed by atoms with van der Waals surface area (Å²) in [4.78, 5) is 11.0. The highest BCUT2D eigenvalue weighted by Crippen LogP contribution is 2.48. The van der Waals surface area contributed by atoms with Crippen molar-refractivity contribution in [2.24, 2.45) is 17.3 Å². The smallest absolute Gasteiger partial charge is 0.335 e. The van der Waals surface area contributed by atoms with E-state index in [-0.39, 0.29) is 34.3 Å². The monoisotopic (exact) mass is 420 g/mol. The second kappa shape index (κ2) is 9.63. The van der Waals surface area contributed by atoms with Crippen LogP contribution in [0.15, 0.2) is 36.4 Å². The fourth-order valence-electron chi connectivity index (χ4n) is 5.05. The maximum absolute atomic E-state index is 11.0. The number of aromatic carboxylic acids is 1. The van der Waals surface area contributed by atoms with Crippen molar-refractivity contribution < 1.29 is 20.1 Å². The molecule has 3 rings (SSSR count). The third-order valence-corrected chi connectivity index (χ3v) is 7.82. The van der Waals surface area contributed by atoms with Gasteiger partial charge < -0.3 is 15.3 Å². The van der Waals surface area contributed by atoms with Crippen molar-refractivity contribution >= 4 is 17.6 Å². The molecule has 2 saturated carbocycles. The minimum Gasteiger partial charge on any atom is -0.478 e. The molecule has 160 valence electrons. The molecular weight excluding hydrogens is 388 g/mol. The number of halogens is 1. The van der Waals surface area contributed by atoms with Gasteiger partial charge in [-0.05, 0) is 74.0 Å². The molecular formula is C24H33ClO4. The first-order valence-electron chi connectivity index (χ1n) is 10.9. The number of aryl methyl sites for hydroxylation is 1. The van der Waals surface area contributed by atoms with Crippen LogP contribution in [0.25, 0.3) is 0 Å². The highest BCUT2D eigenvalue weighted by Gasteiger charge is 2.42. The Morgan fingerprint density at radius 2 is 2.00 bits per heavy atom. The molecule has 0 radical (unpaired) electrons. The van der Waals surface area contributed by atoms with E-state index in [0.717, 1.165) is 37.7 Å². The highest BCUT2D eigenvalue weighted by atomic mass is 35.5. The molecule has 3 N–H and O–H groups in total. The SMILES string of the molecule is CCC1(C(O)C/C=C/[C@@H]2[C@@H](CCc3ccc(C(=O)O)cc3)[C@H](Cl)C[C@H]2O)CCC1. The second-order valence-corrected chi connectivity index (χ2v) is 9.41. The third-order valence-electron chi connectivity index (χ3n) is 7.32. The third kappa shape index (κ3) is 5.04. The molecule has 1 aromatic rings. The Morgan fingerprint density at radius 1 is 1.31 bits per heavy atom. The lowest BCUT2D eigenvalue weighted by Crippen LogP contribution is -2.40. The van der Waals surface area contributed by atoms with Crippen LogP contribution in [0.5, 0.6) is 0 Å². The van der Waals surface area contributed by atoms with Crippen molar-refractivity contribution in [1.29, 1.82) is 0 Å². The van der Waals surface area contributed by atoms with Gasteiger partial charge in [0.25, 0.3) is 0 Å². The zero-order valence-electron chi connectivity index (χ0n) is 17.1. The number of aliphatic hydroxyl groups is 2. The zero-order valence-corrected chi connectivity index (χ0v) is 17.9. The molecule has 2 aliphatic rings. The summed E-state index contributed by atoms with van der Waals surface area (Å²) in [6.07, 6.45) is 10.6. The van der Waals surface area contributed by atoms with E-state index in [2.05, 4.69) is 13.0 Å². The molecule has 2 fully saturated rings. The quantitative estimate of drug-likeness (QED) is 0.395. The Kier molecular flexibility index (Phi) is 7.42. The van der Waals surface area contributed by atoms with E-state index >= 15 is 0 Å². The van der Waals surface area contributed by atoms with Gasteiger partial charge in [0.15, 0.2) is 0 Å². The van der Waals surface area contributed by atoms with Crippen LogP contribution in [-0.4, -0.2) is 38.9 Å². The Bertz CT molecular complexity index is 705. The maximum atomic E-state index is 11.0. The number of aliphatic hydroxyl groups excluding tert-OH is 2. The number of carbonyl (C=O) groups is 1. The predicted molar refractivity (Wildman–Crippen MR) is 115 cm³/mol. The van der Waals surface area contributed by atoms with Gasteiger partial charge in [-0.15, -0.1) is 11.6 Å². The van der Waals surface area contributed by atoms with Crippen molar-refractivity contribution in [3.8, 4) is 0 Å². The second-order valence-electron chi connectivity index (χ2n) is 8.85. The molecule has 4 nitrogen and oxygen atoms in total. The first-order chi connectivity index (χ1) is 13.9. The average molecular weight is 421 g/mol. The lowest BCUT2D eigenvalue weighted by Gasteiger charge is -2.45. The summed E-state index contributed by atoms with van der Waals surface area (Å²) in [6, 6.07) is 6.95. The minimum absolute atomic E-state index is 0.00181. The van der Waals surface area contributed by atoms with E-state index in [4.69, 9.17) is 16.7 Å². The first kappa shape index (κ1) is 22.3. The number of hydrogen-bond donors (Lipinski definition) is 3. The molecule has 0 bridgehead atoms. The predicted octanol–water partition coefficient (Wildman–Crippen LogP) is 4.81. The van der Waals surface area contributed by atoms with Crippen LogP contribution in [0.4, 0.5) is 0 Å². The molecule has 0 heterocycles. The van der Waals surface area contributed by atoms with Gasteiger partial charge in [-0.25, -0.2) is 4.79 Å². The summed E-state index contributed by atoms with van der Waals surface area (Å²) in [7, 11) is 0. The summed E-state index contributed by atoms with van der Waals surface area (Å²) < 4.78 is 0. The van der Waals surface area contributed by atoms with Crippen LogP contribution in [0.1, 0.15) is 67.8 Å². The van der Waals surface area contributed by atoms with Gasteiger partial charge >= 0.3 is 5.97 Å². The van der Waals surface area contributed by atoms with Gasteiger partial charge in [0.1, 0.15) is 0 Å². The summed E-state index contributed by atoms with van der Waals surface area (Å²) in [5.41, 5.74) is 1.46. The minimum atomic E-state index is -0.921. The Morgan fingerprint density at radius 3 is 2.55 bits per heavy atom. The van der Waals surface area contributed by atoms with Crippen LogP contribution in [-0.2, 0) is 6.42 Å². The Hall–Kier alpha value is -1.36. The van der Waals surface area contributed by atoms with E-state index < -0.39 is 12.1 Å². The molecule has 0 amide bonds. The lowest BCUT2D eigenvalue weighted by atomic mass is 9.63. The van der Waals surface area contributed by atoms with Crippen LogP contribution < -0.4 is 0 Å². The number of rotatable bonds is 9. The number of benzene rings is 1. The number of hydrogen-bond acceptors (Lipinski definition) is 3. The van der Waals surface area contributed by atoms with E-state index in [0.29, 0.717) is 12.8 Å². The van der Waals surface area contributed by atoms with Crippen molar-refractivity contribution in [1.82, 2.24) is 0 Å². The maximum Gasteiger partial charge on any atom is 0.335 e. The lowest BCUT2D eigenvalue weighted by molar-refractivity contribution is -0.0355. The summed E-state index contributed by atoms with van der Waals surface area (Å²) in [5.74, 6) is -0.750. The highest BCUT2D eigenvalue weighted by molar-refractivity contribution is 6.21. The summed E-state index contributed by atoms with van der Waals surface area (Å²) in [6.45, 7) is 2.16. The molecule has 2 aliphatic carbocycles. The molecule has 0 aromatic heterocycles. The van der Waals surface area contributed by atoms with E-state index in [1.54, 1.807) is 12.1 Å². The van der Waals surface area contributed by atoms with Crippen LogP contribution in [0.2, 0.25) is 0 Å². The number of carboxylic acid groups (broad SMARTS) is 1. The summed E-state index contributed by atoms with van der Waals surface area (Å²) >= 11 is 6.55. The van der Waals surface area contributed by atoms with Crippen molar-refractivity contribution in [2.45, 2.75) is 75.9 Å². The average Bonchev–Trinajstić information content (AvgIpc) is 2.93. The summed E-state index contributed by atoms with van der Waals surface area (Å²) in [5, 5.41) is 30.0. The first-order valence-corrected chi connectivity index (χ1v) is 11.3. The molecule has 0 aliphatic heterocycles. The van der Waals surface area contributed by atoms with Crippen LogP contribution in [0.3, 0.4) is 0 Å². The standard InChI is InChI=1S/C24H33ClO4/c1-2-24(13-4-14-24)22(27)6-3-5-19-18(20(25)15-21(19)26)12-9-16-7-10-17(11-8-16)23(28)29/h3,5,7-8,10-11,18-22,26-27H,2,4,6,9,12-15H2,1H3,(H,28,29)/b5-3+/t18-,19-,20-,21-,22?/m1/s1. The molecule has 29 heavy (non-hydrogen) atoms. The normalized spacial score (nSPS) is 29.7. The molecule has 0 spiro atoms. The van der Waals surface area contributed by atoms with Crippen LogP contribution >= 0.6 is 11.6 Å². The van der Waals surface area contributed by atoms with Gasteiger partial charge in [0.05, 0.1) is 17.8 Å². The van der Waals surface area contributed by atoms with Crippen molar-refractivity contribution in [3.05, 3.63) is 47.5 Å². The van der Waals surface area contributed by atoms with Crippen LogP contribution in [0, 0.1) is 17.3 Å². The van der Waals surface area contributed by atoms with Crippen molar-refractivity contribution in [2.75, 3.05) is 0 Å². The molecule has 1 unspecified atom stereocenters. The topological polar surface area (TPSA) is 77.8 Å². The number of carboxylic acids is 1. The van der Waals surface area contributed by atoms with E-state index in [1.807, 2.05) is 18.2 Å². The molecule has 5 heteroatoms. The largest absolute Gasteiger partial charge is 0.478 e. The van der Waals surface area contributed by atoms with Gasteiger partial charge in [-0.1, -0.05) is 37.6 Å². The van der Waals surface area contributed by atoms with E-state index in [1.165, 1.54) is 6.42 Å². The molecule has 0 saturated heterocycles. The zero-order chi connectivity index (χ0) is 21.0. The van der Waals surface area contributed by atoms with Gasteiger partial charge in [-0.3, -0.25) is 0 Å². The Labute approximate surface area is 178 Å². The van der Waals surface area contributed by atoms with Gasteiger partial charge in [-0.2, -0.15) is 0 Å². The fraction of sp³-hybridized carbons (Fsp3) is 0.625. The van der Waals surface area contributed by atoms with E-state index in [9.17, 15) is 15.0 Å². The van der Waals surface area contributed by atoms with Gasteiger partial charge in [0.2, 0.25) is 0 Å². The van der Waals surface area contributed by atoms with Crippen molar-refractivity contribution in [3.63, 3.8) is 0 Å². The molecule has 1 aromatic carbocycles.